The van der Waals surface area contributed by atoms with Crippen molar-refractivity contribution in [1.29, 1.82) is 5.26 Å². The molecule has 2 N–H and O–H groups in total. The van der Waals surface area contributed by atoms with Crippen molar-refractivity contribution in [3.05, 3.63) is 113 Å². The van der Waals surface area contributed by atoms with Crippen molar-refractivity contribution in [2.24, 2.45) is 5.73 Å². The van der Waals surface area contributed by atoms with E-state index in [9.17, 15) is 14.9 Å². The number of fused-ring (bicyclic) bond motifs is 1. The van der Waals surface area contributed by atoms with Gasteiger partial charge in [-0.05, 0) is 48.0 Å². The first-order valence-corrected chi connectivity index (χ1v) is 10.9. The van der Waals surface area contributed by atoms with Gasteiger partial charge >= 0.3 is 11.9 Å². The van der Waals surface area contributed by atoms with Crippen molar-refractivity contribution in [2.45, 2.75) is 5.92 Å². The summed E-state index contributed by atoms with van der Waals surface area (Å²) >= 11 is 0. The maximum absolute atomic E-state index is 12.6. The van der Waals surface area contributed by atoms with Crippen LogP contribution in [0.15, 0.2) is 90.8 Å². The molecule has 36 heavy (non-hydrogen) atoms. The Hall–Kier alpha value is -5.03. The maximum Gasteiger partial charge on any atom is 0.343 e. The smallest absolute Gasteiger partial charge is 0.343 e. The number of methoxy groups -OCH3 is 1. The Balaban J connectivity index is 1.59. The molecule has 0 aromatic heterocycles. The highest BCUT2D eigenvalue weighted by atomic mass is 16.5. The van der Waals surface area contributed by atoms with Crippen LogP contribution in [-0.4, -0.2) is 25.7 Å². The van der Waals surface area contributed by atoms with Gasteiger partial charge in [0.1, 0.15) is 35.5 Å². The minimum atomic E-state index is -0.558. The van der Waals surface area contributed by atoms with E-state index in [0.717, 1.165) is 5.56 Å². The zero-order chi connectivity index (χ0) is 25.7. The number of ether oxygens (including phenoxy) is 4. The lowest BCUT2D eigenvalue weighted by Gasteiger charge is -2.26. The number of allylic oxidation sites excluding steroid dienone is 1. The molecule has 1 aliphatic rings. The predicted molar refractivity (Wildman–Crippen MR) is 131 cm³/mol. The zero-order valence-corrected chi connectivity index (χ0v) is 19.4. The molecule has 8 nitrogen and oxygen atoms in total. The summed E-state index contributed by atoms with van der Waals surface area (Å²) < 4.78 is 21.4. The van der Waals surface area contributed by atoms with Crippen molar-refractivity contribution in [3.8, 4) is 23.3 Å². The second kappa shape index (κ2) is 10.5. The van der Waals surface area contributed by atoms with Crippen molar-refractivity contribution in [3.63, 3.8) is 0 Å². The van der Waals surface area contributed by atoms with Crippen LogP contribution in [0.25, 0.3) is 0 Å². The van der Waals surface area contributed by atoms with E-state index in [0.29, 0.717) is 34.8 Å². The molecule has 0 saturated heterocycles. The summed E-state index contributed by atoms with van der Waals surface area (Å²) in [4.78, 5) is 24.4. The largest absolute Gasteiger partial charge is 0.490 e. The molecule has 8 heteroatoms. The van der Waals surface area contributed by atoms with Crippen LogP contribution in [0.1, 0.15) is 37.8 Å². The van der Waals surface area contributed by atoms with Crippen LogP contribution < -0.4 is 19.9 Å². The number of esters is 2. The molecule has 0 radical (unpaired) electrons. The van der Waals surface area contributed by atoms with Crippen LogP contribution in [0.4, 0.5) is 0 Å². The summed E-state index contributed by atoms with van der Waals surface area (Å²) in [7, 11) is 1.31. The summed E-state index contributed by atoms with van der Waals surface area (Å²) in [5, 5.41) is 9.74. The van der Waals surface area contributed by atoms with Gasteiger partial charge < -0.3 is 24.7 Å². The predicted octanol–water partition coefficient (Wildman–Crippen LogP) is 4.48. The number of rotatable bonds is 7. The fourth-order valence-electron chi connectivity index (χ4n) is 3.78. The number of hydrogen-bond acceptors (Lipinski definition) is 8. The van der Waals surface area contributed by atoms with E-state index in [1.807, 2.05) is 0 Å². The van der Waals surface area contributed by atoms with E-state index in [-0.39, 0.29) is 17.2 Å². The molecule has 0 saturated carbocycles. The third kappa shape index (κ3) is 4.91. The summed E-state index contributed by atoms with van der Waals surface area (Å²) in [5.74, 6) is -0.392. The molecule has 0 bridgehead atoms. The number of benzene rings is 3. The summed E-state index contributed by atoms with van der Waals surface area (Å²) in [5.41, 5.74) is 8.41. The van der Waals surface area contributed by atoms with E-state index >= 15 is 0 Å². The highest BCUT2D eigenvalue weighted by Gasteiger charge is 2.31. The van der Waals surface area contributed by atoms with Crippen molar-refractivity contribution in [1.82, 2.24) is 0 Å². The van der Waals surface area contributed by atoms with Gasteiger partial charge in [-0.15, -0.1) is 0 Å². The van der Waals surface area contributed by atoms with E-state index < -0.39 is 17.9 Å². The van der Waals surface area contributed by atoms with Gasteiger partial charge in [0.05, 0.1) is 24.2 Å². The van der Waals surface area contributed by atoms with Crippen molar-refractivity contribution in [2.75, 3.05) is 13.7 Å². The zero-order valence-electron chi connectivity index (χ0n) is 19.4. The fraction of sp³-hybridized carbons (Fsp3) is 0.107. The van der Waals surface area contributed by atoms with Crippen LogP contribution >= 0.6 is 0 Å². The topological polar surface area (TPSA) is 121 Å². The Labute approximate surface area is 207 Å². The average molecular weight is 482 g/mol. The second-order valence-corrected chi connectivity index (χ2v) is 7.75. The molecule has 0 fully saturated rings. The van der Waals surface area contributed by atoms with E-state index in [1.54, 1.807) is 72.8 Å². The molecular formula is C28H22N2O6. The SMILES string of the molecule is C=CCOc1ccc(C(=O)Oc2ccc3c(c2)OC(N)=C(C#N)C3c2ccc(C(=O)OC)cc2)cc1. The normalized spacial score (nSPS) is 14.1. The maximum atomic E-state index is 12.6. The lowest BCUT2D eigenvalue weighted by Crippen LogP contribution is -2.21. The van der Waals surface area contributed by atoms with E-state index in [2.05, 4.69) is 12.6 Å². The van der Waals surface area contributed by atoms with Gasteiger partial charge in [-0.25, -0.2) is 9.59 Å². The minimum Gasteiger partial charge on any atom is -0.490 e. The van der Waals surface area contributed by atoms with Gasteiger partial charge in [0.25, 0.3) is 0 Å². The standard InChI is InChI=1S/C28H22N2O6/c1-3-14-34-20-10-8-19(9-11-20)28(32)35-21-12-13-22-24(15-21)36-26(30)23(16-29)25(22)17-4-6-18(7-5-17)27(31)33-2/h3-13,15,25H,1,14,30H2,2H3. The summed E-state index contributed by atoms with van der Waals surface area (Å²) in [6, 6.07) is 20.2. The molecule has 4 rings (SSSR count). The third-order valence-electron chi connectivity index (χ3n) is 5.52. The first kappa shape index (κ1) is 24.1. The van der Waals surface area contributed by atoms with Crippen molar-refractivity contribution < 1.29 is 28.5 Å². The Morgan fingerprint density at radius 1 is 1.03 bits per heavy atom. The van der Waals surface area contributed by atoms with Crippen LogP contribution in [0.2, 0.25) is 0 Å². The molecule has 1 atom stereocenters. The molecule has 1 unspecified atom stereocenters. The first-order valence-electron chi connectivity index (χ1n) is 10.9. The summed E-state index contributed by atoms with van der Waals surface area (Å²) in [6.45, 7) is 3.96. The van der Waals surface area contributed by atoms with E-state index in [4.69, 9.17) is 24.7 Å². The molecule has 0 aliphatic carbocycles. The molecule has 3 aromatic carbocycles. The summed E-state index contributed by atoms with van der Waals surface area (Å²) in [6.07, 6.45) is 1.63. The number of carbonyl (C=O) groups excluding carboxylic acids is 2. The number of nitriles is 1. The third-order valence-corrected chi connectivity index (χ3v) is 5.52. The number of carbonyl (C=O) groups is 2. The van der Waals surface area contributed by atoms with Crippen LogP contribution in [0.5, 0.6) is 17.2 Å². The quantitative estimate of drug-likeness (QED) is 0.297. The Kier molecular flexibility index (Phi) is 7.02. The van der Waals surface area contributed by atoms with Gasteiger partial charge in [0.15, 0.2) is 0 Å². The average Bonchev–Trinajstić information content (AvgIpc) is 2.91. The van der Waals surface area contributed by atoms with Crippen LogP contribution in [-0.2, 0) is 4.74 Å². The number of hydrogen-bond donors (Lipinski definition) is 1. The van der Waals surface area contributed by atoms with Crippen molar-refractivity contribution >= 4 is 11.9 Å². The Bertz CT molecular complexity index is 1390. The lowest BCUT2D eigenvalue weighted by atomic mass is 9.83. The molecule has 0 amide bonds. The van der Waals surface area contributed by atoms with Gasteiger partial charge in [0.2, 0.25) is 5.88 Å². The Morgan fingerprint density at radius 3 is 2.31 bits per heavy atom. The highest BCUT2D eigenvalue weighted by molar-refractivity contribution is 5.91. The lowest BCUT2D eigenvalue weighted by molar-refractivity contribution is 0.0600. The van der Waals surface area contributed by atoms with E-state index in [1.165, 1.54) is 7.11 Å². The molecule has 180 valence electrons. The molecular weight excluding hydrogens is 460 g/mol. The molecule has 1 aliphatic heterocycles. The van der Waals surface area contributed by atoms with Crippen LogP contribution in [0, 0.1) is 11.3 Å². The number of nitrogens with zero attached hydrogens (tertiary/aromatic N) is 1. The first-order chi connectivity index (χ1) is 17.4. The van der Waals surface area contributed by atoms with Gasteiger partial charge in [0, 0.05) is 11.6 Å². The molecule has 0 spiro atoms. The minimum absolute atomic E-state index is 0.0503. The Morgan fingerprint density at radius 2 is 1.67 bits per heavy atom. The second-order valence-electron chi connectivity index (χ2n) is 7.75. The van der Waals surface area contributed by atoms with Gasteiger partial charge in [-0.1, -0.05) is 30.9 Å². The molecule has 1 heterocycles. The fourth-order valence-corrected chi connectivity index (χ4v) is 3.78. The van der Waals surface area contributed by atoms with Gasteiger partial charge in [-0.2, -0.15) is 5.26 Å². The monoisotopic (exact) mass is 482 g/mol. The van der Waals surface area contributed by atoms with Gasteiger partial charge in [-0.3, -0.25) is 0 Å². The van der Waals surface area contributed by atoms with Crippen LogP contribution in [0.3, 0.4) is 0 Å². The molecule has 3 aromatic rings. The number of nitrogens with two attached hydrogens (primary N) is 1. The highest BCUT2D eigenvalue weighted by Crippen LogP contribution is 2.43.